The smallest absolute Gasteiger partial charge is 0.335 e. The highest BCUT2D eigenvalue weighted by atomic mass is 32.2. The van der Waals surface area contributed by atoms with E-state index in [0.717, 1.165) is 10.6 Å². The largest absolute Gasteiger partial charge is 0.478 e. The second-order valence-corrected chi connectivity index (χ2v) is 6.52. The number of Topliss-reactive ketones (excluding diaryl/α,β-unsaturated/α-hetero) is 1. The molecule has 2 aromatic rings. The van der Waals surface area contributed by atoms with E-state index >= 15 is 0 Å². The molecule has 1 unspecified atom stereocenters. The lowest BCUT2D eigenvalue weighted by Gasteiger charge is -2.19. The van der Waals surface area contributed by atoms with E-state index in [-0.39, 0.29) is 11.3 Å². The van der Waals surface area contributed by atoms with Crippen LogP contribution in [0.25, 0.3) is 0 Å². The molecule has 0 saturated heterocycles. The topological polar surface area (TPSA) is 75.6 Å². The third-order valence-corrected chi connectivity index (χ3v) is 4.35. The van der Waals surface area contributed by atoms with Gasteiger partial charge in [-0.1, -0.05) is 19.1 Å². The van der Waals surface area contributed by atoms with Crippen molar-refractivity contribution in [3.05, 3.63) is 59.7 Å². The van der Waals surface area contributed by atoms with E-state index in [4.69, 9.17) is 9.84 Å². The number of nitrogens with one attached hydrogen (secondary N) is 1. The Morgan fingerprint density at radius 3 is 2.16 bits per heavy atom. The molecule has 0 spiro atoms. The Morgan fingerprint density at radius 2 is 1.64 bits per heavy atom. The van der Waals surface area contributed by atoms with E-state index in [1.807, 2.05) is 19.1 Å². The summed E-state index contributed by atoms with van der Waals surface area (Å²) in [6.07, 6.45) is -0.828. The maximum atomic E-state index is 12.7. The number of rotatable bonds is 9. The first-order chi connectivity index (χ1) is 12.0. The highest BCUT2D eigenvalue weighted by Gasteiger charge is 2.20. The summed E-state index contributed by atoms with van der Waals surface area (Å²) in [4.78, 5) is 24.7. The molecule has 25 heavy (non-hydrogen) atoms. The molecule has 0 aliphatic carbocycles. The minimum Gasteiger partial charge on any atom is -0.478 e. The molecule has 132 valence electrons. The number of carboxylic acid groups (broad SMARTS) is 1. The Bertz CT molecular complexity index is 713. The van der Waals surface area contributed by atoms with Gasteiger partial charge >= 0.3 is 5.97 Å². The highest BCUT2D eigenvalue weighted by molar-refractivity contribution is 7.99. The number of thioether (sulfide) groups is 1. The molecule has 1 atom stereocenters. The van der Waals surface area contributed by atoms with Crippen LogP contribution >= 0.6 is 11.8 Å². The van der Waals surface area contributed by atoms with E-state index in [1.165, 1.54) is 12.1 Å². The molecule has 0 aliphatic rings. The minimum absolute atomic E-state index is 0.169. The first kappa shape index (κ1) is 19.0. The van der Waals surface area contributed by atoms with Crippen molar-refractivity contribution in [2.24, 2.45) is 0 Å². The van der Waals surface area contributed by atoms with Crippen molar-refractivity contribution in [3.8, 4) is 0 Å². The Labute approximate surface area is 151 Å². The van der Waals surface area contributed by atoms with Gasteiger partial charge in [0, 0.05) is 22.8 Å². The van der Waals surface area contributed by atoms with Crippen molar-refractivity contribution in [2.75, 3.05) is 17.7 Å². The van der Waals surface area contributed by atoms with E-state index in [0.29, 0.717) is 17.9 Å². The summed E-state index contributed by atoms with van der Waals surface area (Å²) in [5.74, 6) is -0.186. The van der Waals surface area contributed by atoms with Gasteiger partial charge in [-0.05, 0) is 49.1 Å². The zero-order valence-corrected chi connectivity index (χ0v) is 15.0. The van der Waals surface area contributed by atoms with E-state index in [2.05, 4.69) is 12.2 Å². The van der Waals surface area contributed by atoms with Gasteiger partial charge in [0.2, 0.25) is 5.78 Å². The number of anilines is 1. The zero-order valence-electron chi connectivity index (χ0n) is 14.2. The van der Waals surface area contributed by atoms with Crippen LogP contribution in [-0.4, -0.2) is 35.4 Å². The second-order valence-electron chi connectivity index (χ2n) is 5.18. The van der Waals surface area contributed by atoms with Gasteiger partial charge in [-0.3, -0.25) is 4.79 Å². The number of ketones is 1. The molecule has 2 N–H and O–H groups in total. The summed E-state index contributed by atoms with van der Waals surface area (Å²) >= 11 is 1.71. The van der Waals surface area contributed by atoms with Crippen LogP contribution in [-0.2, 0) is 4.74 Å². The van der Waals surface area contributed by atoms with Gasteiger partial charge in [0.25, 0.3) is 0 Å². The van der Waals surface area contributed by atoms with E-state index < -0.39 is 12.2 Å². The molecule has 0 aromatic heterocycles. The van der Waals surface area contributed by atoms with Gasteiger partial charge < -0.3 is 15.2 Å². The fourth-order valence-corrected chi connectivity index (χ4v) is 2.91. The Kier molecular flexibility index (Phi) is 7.03. The van der Waals surface area contributed by atoms with E-state index in [9.17, 15) is 9.59 Å². The van der Waals surface area contributed by atoms with Crippen LogP contribution in [0.5, 0.6) is 0 Å². The number of carbonyl (C=O) groups is 2. The SMILES string of the molecule is CCOC(Nc1ccc(C(=O)O)cc1)C(=O)c1ccc(SCC)cc1. The lowest BCUT2D eigenvalue weighted by atomic mass is 10.1. The summed E-state index contributed by atoms with van der Waals surface area (Å²) < 4.78 is 5.54. The van der Waals surface area contributed by atoms with Gasteiger partial charge in [0.05, 0.1) is 5.56 Å². The third kappa shape index (κ3) is 5.34. The molecule has 2 aromatic carbocycles. The Morgan fingerprint density at radius 1 is 1.04 bits per heavy atom. The number of hydrogen-bond acceptors (Lipinski definition) is 5. The van der Waals surface area contributed by atoms with Crippen molar-refractivity contribution < 1.29 is 19.4 Å². The normalized spacial score (nSPS) is 11.8. The molecule has 5 nitrogen and oxygen atoms in total. The van der Waals surface area contributed by atoms with E-state index in [1.54, 1.807) is 36.0 Å². The van der Waals surface area contributed by atoms with Crippen LogP contribution < -0.4 is 5.32 Å². The number of hydrogen-bond donors (Lipinski definition) is 2. The fraction of sp³-hybridized carbons (Fsp3) is 0.263. The highest BCUT2D eigenvalue weighted by Crippen LogP contribution is 2.19. The number of carbonyl (C=O) groups excluding carboxylic acids is 1. The zero-order chi connectivity index (χ0) is 18.2. The molecular formula is C19H21NO4S. The standard InChI is InChI=1S/C19H21NO4S/c1-3-24-18(20-15-9-5-14(6-10-15)19(22)23)17(21)13-7-11-16(12-8-13)25-4-2/h5-12,18,20H,3-4H2,1-2H3,(H,22,23). The fourth-order valence-electron chi connectivity index (χ4n) is 2.24. The third-order valence-electron chi connectivity index (χ3n) is 3.45. The number of benzene rings is 2. The Hall–Kier alpha value is -2.31. The van der Waals surface area contributed by atoms with Gasteiger partial charge in [-0.2, -0.15) is 0 Å². The predicted molar refractivity (Wildman–Crippen MR) is 99.6 cm³/mol. The molecule has 0 amide bonds. The molecule has 0 bridgehead atoms. The van der Waals surface area contributed by atoms with Gasteiger partial charge in [-0.15, -0.1) is 11.8 Å². The van der Waals surface area contributed by atoms with Gasteiger partial charge in [-0.25, -0.2) is 4.79 Å². The van der Waals surface area contributed by atoms with Crippen molar-refractivity contribution >= 4 is 29.2 Å². The van der Waals surface area contributed by atoms with Gasteiger partial charge in [0.1, 0.15) is 0 Å². The maximum absolute atomic E-state index is 12.7. The number of carboxylic acids is 1. The van der Waals surface area contributed by atoms with Crippen molar-refractivity contribution in [1.82, 2.24) is 0 Å². The maximum Gasteiger partial charge on any atom is 0.335 e. The monoisotopic (exact) mass is 359 g/mol. The van der Waals surface area contributed by atoms with Crippen LogP contribution in [0.4, 0.5) is 5.69 Å². The summed E-state index contributed by atoms with van der Waals surface area (Å²) in [7, 11) is 0. The van der Waals surface area contributed by atoms with Crippen LogP contribution in [0.15, 0.2) is 53.4 Å². The summed E-state index contributed by atoms with van der Waals surface area (Å²) in [6, 6.07) is 13.6. The summed E-state index contributed by atoms with van der Waals surface area (Å²) in [5, 5.41) is 12.0. The molecule has 0 radical (unpaired) electrons. The molecule has 6 heteroatoms. The minimum atomic E-state index is -0.992. The lowest BCUT2D eigenvalue weighted by molar-refractivity contribution is 0.0549. The lowest BCUT2D eigenvalue weighted by Crippen LogP contribution is -2.32. The molecule has 0 fully saturated rings. The summed E-state index contributed by atoms with van der Waals surface area (Å²) in [5.41, 5.74) is 1.37. The predicted octanol–water partition coefficient (Wildman–Crippen LogP) is 4.15. The Balaban J connectivity index is 2.12. The quantitative estimate of drug-likeness (QED) is 0.398. The first-order valence-electron chi connectivity index (χ1n) is 8.03. The number of ether oxygens (including phenoxy) is 1. The average molecular weight is 359 g/mol. The van der Waals surface area contributed by atoms with Crippen LogP contribution in [0, 0.1) is 0 Å². The molecule has 0 aliphatic heterocycles. The van der Waals surface area contributed by atoms with Crippen LogP contribution in [0.3, 0.4) is 0 Å². The molecule has 2 rings (SSSR count). The second kappa shape index (κ2) is 9.25. The van der Waals surface area contributed by atoms with Crippen molar-refractivity contribution in [2.45, 2.75) is 25.0 Å². The van der Waals surface area contributed by atoms with Crippen molar-refractivity contribution in [3.63, 3.8) is 0 Å². The molecule has 0 heterocycles. The van der Waals surface area contributed by atoms with Crippen LogP contribution in [0.2, 0.25) is 0 Å². The average Bonchev–Trinajstić information content (AvgIpc) is 2.62. The molecule has 0 saturated carbocycles. The molecular weight excluding hydrogens is 338 g/mol. The van der Waals surface area contributed by atoms with Crippen molar-refractivity contribution in [1.29, 1.82) is 0 Å². The summed E-state index contributed by atoms with van der Waals surface area (Å²) in [6.45, 7) is 4.27. The van der Waals surface area contributed by atoms with Crippen LogP contribution in [0.1, 0.15) is 34.6 Å². The van der Waals surface area contributed by atoms with Gasteiger partial charge in [0.15, 0.2) is 6.23 Å². The number of aromatic carboxylic acids is 1. The first-order valence-corrected chi connectivity index (χ1v) is 9.02.